The van der Waals surface area contributed by atoms with E-state index in [1.54, 1.807) is 24.3 Å². The van der Waals surface area contributed by atoms with Crippen LogP contribution in [0.2, 0.25) is 0 Å². The monoisotopic (exact) mass is 428 g/mol. The molecule has 3 aromatic carbocycles. The van der Waals surface area contributed by atoms with Crippen LogP contribution in [0.25, 0.3) is 0 Å². The Bertz CT molecular complexity index is 1120. The smallest absolute Gasteiger partial charge is 0.255 e. The fourth-order valence-electron chi connectivity index (χ4n) is 3.88. The number of rotatable bonds is 6. The third-order valence-electron chi connectivity index (χ3n) is 5.76. The van der Waals surface area contributed by atoms with Gasteiger partial charge in [0.05, 0.1) is 0 Å². The summed E-state index contributed by atoms with van der Waals surface area (Å²) in [4.78, 5) is 27.5. The topological polar surface area (TPSA) is 87.5 Å². The first kappa shape index (κ1) is 21.7. The summed E-state index contributed by atoms with van der Waals surface area (Å²) in [6, 6.07) is 20.6. The molecule has 0 aromatic heterocycles. The second kappa shape index (κ2) is 9.77. The Morgan fingerprint density at radius 3 is 2.50 bits per heavy atom. The number of amides is 2. The van der Waals surface area contributed by atoms with E-state index in [0.717, 1.165) is 36.3 Å². The molecule has 1 heterocycles. The molecule has 0 spiro atoms. The summed E-state index contributed by atoms with van der Waals surface area (Å²) in [6.07, 6.45) is 1.03. The summed E-state index contributed by atoms with van der Waals surface area (Å²) in [6.45, 7) is 2.73. The molecule has 0 bridgehead atoms. The van der Waals surface area contributed by atoms with Gasteiger partial charge in [0.1, 0.15) is 0 Å². The van der Waals surface area contributed by atoms with Gasteiger partial charge in [-0.3, -0.25) is 9.59 Å². The Labute approximate surface area is 188 Å². The normalized spacial score (nSPS) is 13.3. The number of carbonyl (C=O) groups excluding carboxylic acids is 2. The first-order chi connectivity index (χ1) is 15.5. The molecule has 3 aromatic rings. The van der Waals surface area contributed by atoms with Crippen LogP contribution < -0.4 is 16.4 Å². The number of hydrogen-bond donors (Lipinski definition) is 3. The van der Waals surface area contributed by atoms with Gasteiger partial charge < -0.3 is 21.3 Å². The molecule has 6 heteroatoms. The Morgan fingerprint density at radius 1 is 0.906 bits per heavy atom. The Hall–Kier alpha value is -3.48. The highest BCUT2D eigenvalue weighted by Crippen LogP contribution is 2.22. The van der Waals surface area contributed by atoms with Crippen LogP contribution in [0.3, 0.4) is 0 Å². The van der Waals surface area contributed by atoms with Gasteiger partial charge in [0.2, 0.25) is 0 Å². The van der Waals surface area contributed by atoms with E-state index in [9.17, 15) is 9.59 Å². The molecule has 4 rings (SSSR count). The van der Waals surface area contributed by atoms with Crippen LogP contribution in [0.15, 0.2) is 66.7 Å². The fourth-order valence-corrected chi connectivity index (χ4v) is 3.88. The molecule has 1 aliphatic rings. The second-order valence-electron chi connectivity index (χ2n) is 8.21. The van der Waals surface area contributed by atoms with Crippen molar-refractivity contribution >= 4 is 17.5 Å². The maximum Gasteiger partial charge on any atom is 0.255 e. The summed E-state index contributed by atoms with van der Waals surface area (Å²) in [5.74, 6) is -0.331. The molecule has 0 fully saturated rings. The first-order valence-electron chi connectivity index (χ1n) is 10.8. The van der Waals surface area contributed by atoms with Crippen molar-refractivity contribution in [2.75, 3.05) is 18.9 Å². The van der Waals surface area contributed by atoms with Crippen LogP contribution in [0.5, 0.6) is 0 Å². The predicted octanol–water partition coefficient (Wildman–Crippen LogP) is 3.32. The lowest BCUT2D eigenvalue weighted by Gasteiger charge is -2.25. The number of carbonyl (C=O) groups is 2. The lowest BCUT2D eigenvalue weighted by molar-refractivity contribution is 0.0950. The van der Waals surface area contributed by atoms with E-state index in [1.807, 2.05) is 30.3 Å². The third kappa shape index (κ3) is 5.22. The van der Waals surface area contributed by atoms with Gasteiger partial charge in [-0.2, -0.15) is 0 Å². The molecular weight excluding hydrogens is 400 g/mol. The number of hydrogen-bond acceptors (Lipinski definition) is 4. The van der Waals surface area contributed by atoms with E-state index in [-0.39, 0.29) is 11.8 Å². The van der Waals surface area contributed by atoms with Gasteiger partial charge in [-0.15, -0.1) is 0 Å². The van der Waals surface area contributed by atoms with Gasteiger partial charge in [-0.05, 0) is 72.1 Å². The SMILES string of the molecule is CN1CCc2ccc(NC(=O)c3cccc(CNC(=O)c4ccc(CN)cc4)c3)cc2C1. The lowest BCUT2D eigenvalue weighted by Crippen LogP contribution is -2.26. The minimum absolute atomic E-state index is 0.164. The summed E-state index contributed by atoms with van der Waals surface area (Å²) in [5.41, 5.74) is 12.0. The third-order valence-corrected chi connectivity index (χ3v) is 5.76. The van der Waals surface area contributed by atoms with Gasteiger partial charge in [-0.25, -0.2) is 0 Å². The maximum atomic E-state index is 12.8. The molecule has 1 aliphatic heterocycles. The van der Waals surface area contributed by atoms with Crippen molar-refractivity contribution in [3.63, 3.8) is 0 Å². The molecule has 164 valence electrons. The second-order valence-corrected chi connectivity index (χ2v) is 8.21. The Balaban J connectivity index is 1.38. The Morgan fingerprint density at radius 2 is 1.72 bits per heavy atom. The molecule has 0 radical (unpaired) electrons. The van der Waals surface area contributed by atoms with Gasteiger partial charge in [-0.1, -0.05) is 30.3 Å². The highest BCUT2D eigenvalue weighted by molar-refractivity contribution is 6.04. The largest absolute Gasteiger partial charge is 0.348 e. The quantitative estimate of drug-likeness (QED) is 0.562. The van der Waals surface area contributed by atoms with E-state index in [4.69, 9.17) is 5.73 Å². The number of benzene rings is 3. The van der Waals surface area contributed by atoms with Crippen molar-refractivity contribution in [2.45, 2.75) is 26.1 Å². The van der Waals surface area contributed by atoms with E-state index >= 15 is 0 Å². The van der Waals surface area contributed by atoms with Crippen LogP contribution in [0.4, 0.5) is 5.69 Å². The average Bonchev–Trinajstić information content (AvgIpc) is 2.82. The van der Waals surface area contributed by atoms with Gasteiger partial charge in [0, 0.05) is 43.0 Å². The van der Waals surface area contributed by atoms with Crippen LogP contribution in [0.1, 0.15) is 43.0 Å². The number of anilines is 1. The zero-order chi connectivity index (χ0) is 22.5. The number of nitrogens with two attached hydrogens (primary N) is 1. The standard InChI is InChI=1S/C26H28N4O2/c1-30-12-11-20-9-10-24(14-23(20)17-30)29-26(32)22-4-2-3-19(13-22)16-28-25(31)21-7-5-18(15-27)6-8-21/h2-10,13-14H,11-12,15-17,27H2,1H3,(H,28,31)(H,29,32). The van der Waals surface area contributed by atoms with Crippen molar-refractivity contribution in [3.8, 4) is 0 Å². The molecule has 0 atom stereocenters. The van der Waals surface area contributed by atoms with E-state index in [2.05, 4.69) is 34.7 Å². The summed E-state index contributed by atoms with van der Waals surface area (Å²) in [5, 5.41) is 5.90. The summed E-state index contributed by atoms with van der Waals surface area (Å²) >= 11 is 0. The van der Waals surface area contributed by atoms with E-state index in [1.165, 1.54) is 11.1 Å². The van der Waals surface area contributed by atoms with E-state index < -0.39 is 0 Å². The van der Waals surface area contributed by atoms with Crippen molar-refractivity contribution in [3.05, 3.63) is 100 Å². The maximum absolute atomic E-state index is 12.8. The van der Waals surface area contributed by atoms with Crippen molar-refractivity contribution < 1.29 is 9.59 Å². The van der Waals surface area contributed by atoms with Crippen molar-refractivity contribution in [1.29, 1.82) is 0 Å². The lowest BCUT2D eigenvalue weighted by atomic mass is 9.99. The number of likely N-dealkylation sites (N-methyl/N-ethyl adjacent to an activating group) is 1. The molecule has 32 heavy (non-hydrogen) atoms. The highest BCUT2D eigenvalue weighted by Gasteiger charge is 2.15. The van der Waals surface area contributed by atoms with Gasteiger partial charge in [0.25, 0.3) is 11.8 Å². The Kier molecular flexibility index (Phi) is 6.63. The van der Waals surface area contributed by atoms with E-state index in [0.29, 0.717) is 24.2 Å². The summed E-state index contributed by atoms with van der Waals surface area (Å²) in [7, 11) is 2.10. The van der Waals surface area contributed by atoms with Gasteiger partial charge >= 0.3 is 0 Å². The molecule has 6 nitrogen and oxygen atoms in total. The molecule has 0 unspecified atom stereocenters. The van der Waals surface area contributed by atoms with Gasteiger partial charge in [0.15, 0.2) is 0 Å². The fraction of sp³-hybridized carbons (Fsp3) is 0.231. The van der Waals surface area contributed by atoms with Crippen LogP contribution in [0, 0.1) is 0 Å². The average molecular weight is 429 g/mol. The van der Waals surface area contributed by atoms with Crippen LogP contribution >= 0.6 is 0 Å². The molecular formula is C26H28N4O2. The highest BCUT2D eigenvalue weighted by atomic mass is 16.2. The number of nitrogens with zero attached hydrogens (tertiary/aromatic N) is 1. The van der Waals surface area contributed by atoms with Crippen LogP contribution in [-0.4, -0.2) is 30.3 Å². The first-order valence-corrected chi connectivity index (χ1v) is 10.8. The van der Waals surface area contributed by atoms with Crippen molar-refractivity contribution in [2.24, 2.45) is 5.73 Å². The summed E-state index contributed by atoms with van der Waals surface area (Å²) < 4.78 is 0. The predicted molar refractivity (Wildman–Crippen MR) is 126 cm³/mol. The zero-order valence-corrected chi connectivity index (χ0v) is 18.2. The zero-order valence-electron chi connectivity index (χ0n) is 18.2. The molecule has 4 N–H and O–H groups in total. The minimum atomic E-state index is -0.167. The molecule has 0 aliphatic carbocycles. The van der Waals surface area contributed by atoms with Crippen LogP contribution in [-0.2, 0) is 26.1 Å². The molecule has 2 amide bonds. The minimum Gasteiger partial charge on any atom is -0.348 e. The van der Waals surface area contributed by atoms with Crippen molar-refractivity contribution in [1.82, 2.24) is 10.2 Å². The molecule has 0 saturated heterocycles. The number of nitrogens with one attached hydrogen (secondary N) is 2. The molecule has 0 saturated carbocycles. The number of fused-ring (bicyclic) bond motifs is 1.